The van der Waals surface area contributed by atoms with Crippen LogP contribution in [-0.4, -0.2) is 56.2 Å². The molecule has 148 valence electrons. The van der Waals surface area contributed by atoms with E-state index in [0.717, 1.165) is 11.3 Å². The first-order chi connectivity index (χ1) is 13.6. The molecule has 2 aromatic rings. The lowest BCUT2D eigenvalue weighted by molar-refractivity contribution is -0.137. The predicted octanol–water partition coefficient (Wildman–Crippen LogP) is 2.25. The van der Waals surface area contributed by atoms with Crippen LogP contribution in [0.1, 0.15) is 5.56 Å². The van der Waals surface area contributed by atoms with Crippen molar-refractivity contribution in [2.24, 2.45) is 0 Å². The van der Waals surface area contributed by atoms with Gasteiger partial charge in [0.25, 0.3) is 11.8 Å². The van der Waals surface area contributed by atoms with Crippen LogP contribution in [0.5, 0.6) is 11.5 Å². The van der Waals surface area contributed by atoms with E-state index in [1.807, 2.05) is 31.2 Å². The molecular weight excluding hydrogens is 360 g/mol. The Morgan fingerprint density at radius 1 is 0.964 bits per heavy atom. The normalized spacial score (nSPS) is 13.7. The van der Waals surface area contributed by atoms with Crippen LogP contribution in [0.15, 0.2) is 48.5 Å². The summed E-state index contributed by atoms with van der Waals surface area (Å²) in [6, 6.07) is 14.5. The Kier molecular flexibility index (Phi) is 6.86. The van der Waals surface area contributed by atoms with Crippen LogP contribution in [-0.2, 0) is 14.3 Å². The van der Waals surface area contributed by atoms with E-state index in [4.69, 9.17) is 14.2 Å². The molecule has 0 atom stereocenters. The molecule has 2 aromatic carbocycles. The highest BCUT2D eigenvalue weighted by atomic mass is 16.5. The molecule has 0 unspecified atom stereocenters. The summed E-state index contributed by atoms with van der Waals surface area (Å²) in [6.45, 7) is 3.90. The first-order valence-electron chi connectivity index (χ1n) is 9.19. The molecule has 0 aromatic heterocycles. The lowest BCUT2D eigenvalue weighted by atomic mass is 10.2. The van der Waals surface area contributed by atoms with Gasteiger partial charge in [-0.15, -0.1) is 0 Å². The van der Waals surface area contributed by atoms with Gasteiger partial charge < -0.3 is 24.4 Å². The Hall–Kier alpha value is -3.06. The Balaban J connectivity index is 1.52. The third-order valence-electron chi connectivity index (χ3n) is 4.34. The quantitative estimate of drug-likeness (QED) is 0.792. The van der Waals surface area contributed by atoms with Crippen LogP contribution < -0.4 is 14.8 Å². The smallest absolute Gasteiger partial charge is 0.262 e. The average Bonchev–Trinajstić information content (AvgIpc) is 2.73. The molecule has 0 radical (unpaired) electrons. The van der Waals surface area contributed by atoms with Gasteiger partial charge in [0.1, 0.15) is 0 Å². The number of carbonyl (C=O) groups excluding carboxylic acids is 2. The number of amides is 2. The second kappa shape index (κ2) is 9.75. The van der Waals surface area contributed by atoms with Gasteiger partial charge in [-0.25, -0.2) is 0 Å². The monoisotopic (exact) mass is 384 g/mol. The van der Waals surface area contributed by atoms with Crippen LogP contribution in [0.25, 0.3) is 0 Å². The zero-order valence-electron chi connectivity index (χ0n) is 15.8. The molecule has 7 nitrogen and oxygen atoms in total. The van der Waals surface area contributed by atoms with E-state index in [9.17, 15) is 9.59 Å². The van der Waals surface area contributed by atoms with Crippen LogP contribution in [0.3, 0.4) is 0 Å². The van der Waals surface area contributed by atoms with Crippen molar-refractivity contribution in [1.29, 1.82) is 0 Å². The number of ether oxygens (including phenoxy) is 3. The van der Waals surface area contributed by atoms with Crippen molar-refractivity contribution in [3.8, 4) is 11.5 Å². The largest absolute Gasteiger partial charge is 0.480 e. The van der Waals surface area contributed by atoms with Gasteiger partial charge in [0.15, 0.2) is 24.7 Å². The fraction of sp³-hybridized carbons (Fsp3) is 0.333. The van der Waals surface area contributed by atoms with Gasteiger partial charge in [0.05, 0.1) is 13.2 Å². The maximum atomic E-state index is 12.2. The number of aryl methyl sites for hydroxylation is 1. The molecule has 7 heteroatoms. The number of benzene rings is 2. The molecule has 0 spiro atoms. The fourth-order valence-corrected chi connectivity index (χ4v) is 2.77. The third kappa shape index (κ3) is 5.47. The van der Waals surface area contributed by atoms with Gasteiger partial charge in [0.2, 0.25) is 0 Å². The molecule has 1 N–H and O–H groups in total. The number of carbonyl (C=O) groups is 2. The molecular formula is C21H24N2O5. The van der Waals surface area contributed by atoms with E-state index >= 15 is 0 Å². The maximum absolute atomic E-state index is 12.2. The van der Waals surface area contributed by atoms with E-state index in [-0.39, 0.29) is 25.0 Å². The molecule has 1 saturated heterocycles. The second-order valence-electron chi connectivity index (χ2n) is 6.38. The fourth-order valence-electron chi connectivity index (χ4n) is 2.77. The topological polar surface area (TPSA) is 77.1 Å². The van der Waals surface area contributed by atoms with Crippen molar-refractivity contribution in [3.05, 3.63) is 54.1 Å². The van der Waals surface area contributed by atoms with E-state index in [1.165, 1.54) is 0 Å². The number of nitrogens with one attached hydrogen (secondary N) is 1. The van der Waals surface area contributed by atoms with Gasteiger partial charge in [-0.3, -0.25) is 9.59 Å². The first kappa shape index (κ1) is 19.7. The summed E-state index contributed by atoms with van der Waals surface area (Å²) in [5, 5.41) is 2.82. The Bertz CT molecular complexity index is 818. The summed E-state index contributed by atoms with van der Waals surface area (Å²) in [4.78, 5) is 26.1. The van der Waals surface area contributed by atoms with Crippen LogP contribution >= 0.6 is 0 Å². The Morgan fingerprint density at radius 3 is 2.25 bits per heavy atom. The van der Waals surface area contributed by atoms with Crippen molar-refractivity contribution in [2.45, 2.75) is 6.92 Å². The predicted molar refractivity (Wildman–Crippen MR) is 105 cm³/mol. The van der Waals surface area contributed by atoms with Crippen molar-refractivity contribution >= 4 is 17.5 Å². The summed E-state index contributed by atoms with van der Waals surface area (Å²) in [6.07, 6.45) is 0. The highest BCUT2D eigenvalue weighted by Crippen LogP contribution is 2.26. The number of rotatable bonds is 7. The number of hydrogen-bond donors (Lipinski definition) is 1. The lowest BCUT2D eigenvalue weighted by Crippen LogP contribution is -2.43. The minimum Gasteiger partial charge on any atom is -0.480 e. The number of para-hydroxylation sites is 3. The molecule has 1 aliphatic heterocycles. The minimum atomic E-state index is -0.270. The number of morpholine rings is 1. The van der Waals surface area contributed by atoms with Crippen molar-refractivity contribution in [1.82, 2.24) is 4.90 Å². The van der Waals surface area contributed by atoms with Crippen LogP contribution in [0.4, 0.5) is 5.69 Å². The number of nitrogens with zero attached hydrogens (tertiary/aromatic N) is 1. The molecule has 3 rings (SSSR count). The molecule has 28 heavy (non-hydrogen) atoms. The van der Waals surface area contributed by atoms with Gasteiger partial charge in [-0.05, 0) is 30.7 Å². The zero-order valence-corrected chi connectivity index (χ0v) is 15.8. The Labute approximate surface area is 164 Å². The van der Waals surface area contributed by atoms with Crippen LogP contribution in [0, 0.1) is 6.92 Å². The molecule has 2 amide bonds. The number of anilines is 1. The van der Waals surface area contributed by atoms with Crippen molar-refractivity contribution in [2.75, 3.05) is 44.8 Å². The van der Waals surface area contributed by atoms with Gasteiger partial charge in [-0.1, -0.05) is 30.3 Å². The molecule has 0 saturated carbocycles. The summed E-state index contributed by atoms with van der Waals surface area (Å²) in [5.74, 6) is 0.467. The average molecular weight is 384 g/mol. The second-order valence-corrected chi connectivity index (χ2v) is 6.38. The molecule has 0 bridgehead atoms. The first-order valence-corrected chi connectivity index (χ1v) is 9.19. The summed E-state index contributed by atoms with van der Waals surface area (Å²) in [7, 11) is 0. The minimum absolute atomic E-state index is 0.0875. The standard InChI is InChI=1S/C21H24N2O5/c1-16-6-2-3-7-17(16)22-20(24)14-27-18-8-4-5-9-19(18)28-15-21(25)23-10-12-26-13-11-23/h2-9H,10-15H2,1H3,(H,22,24). The molecule has 1 fully saturated rings. The summed E-state index contributed by atoms with van der Waals surface area (Å²) < 4.78 is 16.5. The lowest BCUT2D eigenvalue weighted by Gasteiger charge is -2.26. The molecule has 1 aliphatic rings. The molecule has 0 aliphatic carbocycles. The van der Waals surface area contributed by atoms with Crippen LogP contribution in [0.2, 0.25) is 0 Å². The SMILES string of the molecule is Cc1ccccc1NC(=O)COc1ccccc1OCC(=O)N1CCOCC1. The van der Waals surface area contributed by atoms with Crippen molar-refractivity contribution < 1.29 is 23.8 Å². The van der Waals surface area contributed by atoms with E-state index in [0.29, 0.717) is 37.8 Å². The highest BCUT2D eigenvalue weighted by Gasteiger charge is 2.18. The van der Waals surface area contributed by atoms with Gasteiger partial charge in [0, 0.05) is 18.8 Å². The van der Waals surface area contributed by atoms with Crippen molar-refractivity contribution in [3.63, 3.8) is 0 Å². The summed E-state index contributed by atoms with van der Waals surface area (Å²) >= 11 is 0. The third-order valence-corrected chi connectivity index (χ3v) is 4.34. The van der Waals surface area contributed by atoms with Gasteiger partial charge >= 0.3 is 0 Å². The van der Waals surface area contributed by atoms with E-state index in [1.54, 1.807) is 29.2 Å². The maximum Gasteiger partial charge on any atom is 0.262 e. The highest BCUT2D eigenvalue weighted by molar-refractivity contribution is 5.92. The van der Waals surface area contributed by atoms with Gasteiger partial charge in [-0.2, -0.15) is 0 Å². The Morgan fingerprint density at radius 2 is 1.57 bits per heavy atom. The summed E-state index contributed by atoms with van der Waals surface area (Å²) in [5.41, 5.74) is 1.72. The molecule has 1 heterocycles. The van der Waals surface area contributed by atoms with E-state index < -0.39 is 0 Å². The number of hydrogen-bond acceptors (Lipinski definition) is 5. The van der Waals surface area contributed by atoms with E-state index in [2.05, 4.69) is 5.32 Å². The zero-order chi connectivity index (χ0) is 19.8.